The number of carbonyl (C=O) groups is 1. The maximum absolute atomic E-state index is 13.0. The van der Waals surface area contributed by atoms with E-state index in [4.69, 9.17) is 14.2 Å². The summed E-state index contributed by atoms with van der Waals surface area (Å²) in [6, 6.07) is 13.4. The number of aryl methyl sites for hydroxylation is 1. The van der Waals surface area contributed by atoms with Crippen molar-refractivity contribution in [1.29, 1.82) is 0 Å². The lowest BCUT2D eigenvalue weighted by atomic mass is 10.0. The predicted molar refractivity (Wildman–Crippen MR) is 193 cm³/mol. The first-order chi connectivity index (χ1) is 23.7. The van der Waals surface area contributed by atoms with Crippen LogP contribution in [0.1, 0.15) is 23.3 Å². The molecule has 16 heteroatoms. The minimum Gasteiger partial charge on any atom is -0.491 e. The van der Waals surface area contributed by atoms with E-state index in [1.165, 1.54) is 39.1 Å². The van der Waals surface area contributed by atoms with Gasteiger partial charge in [-0.1, -0.05) is 6.07 Å². The van der Waals surface area contributed by atoms with Gasteiger partial charge in [-0.15, -0.1) is 0 Å². The fourth-order valence-corrected chi connectivity index (χ4v) is 6.95. The SMILES string of the molecule is COC(=O)c1cnc(N2CCC(OCCOc3cccc(Oc4ccc([N+](=O)[O-])cc4-c4cn(C)c(=O)c5c4ccn5SI)c3)CC2)cn1. The van der Waals surface area contributed by atoms with Crippen LogP contribution in [0.5, 0.6) is 17.2 Å². The van der Waals surface area contributed by atoms with Gasteiger partial charge < -0.3 is 28.4 Å². The number of nitrogens with zero attached hydrogens (tertiary/aromatic N) is 6. The molecule has 0 N–H and O–H groups in total. The Hall–Kier alpha value is -4.68. The van der Waals surface area contributed by atoms with E-state index in [1.54, 1.807) is 53.9 Å². The topological polar surface area (TPSA) is 153 Å². The van der Waals surface area contributed by atoms with Gasteiger partial charge in [-0.2, -0.15) is 0 Å². The molecule has 0 unspecified atom stereocenters. The average molecular weight is 799 g/mol. The number of fused-ring (bicyclic) bond motifs is 1. The monoisotopic (exact) mass is 798 g/mol. The molecule has 0 aliphatic carbocycles. The smallest absolute Gasteiger partial charge is 0.358 e. The second-order valence-corrected chi connectivity index (χ2v) is 12.8. The molecule has 6 rings (SSSR count). The van der Waals surface area contributed by atoms with E-state index >= 15 is 0 Å². The van der Waals surface area contributed by atoms with Gasteiger partial charge in [0.2, 0.25) is 0 Å². The van der Waals surface area contributed by atoms with Crippen molar-refractivity contribution in [2.24, 2.45) is 7.05 Å². The molecule has 0 spiro atoms. The second-order valence-electron chi connectivity index (χ2n) is 11.1. The number of non-ortho nitro benzene ring substituents is 1. The lowest BCUT2D eigenvalue weighted by Gasteiger charge is -2.32. The molecule has 4 heterocycles. The van der Waals surface area contributed by atoms with Crippen molar-refractivity contribution in [3.8, 4) is 28.4 Å². The first-order valence-corrected chi connectivity index (χ1v) is 18.5. The number of carbonyl (C=O) groups excluding carboxylic acids is 1. The van der Waals surface area contributed by atoms with Crippen molar-refractivity contribution >= 4 is 58.7 Å². The summed E-state index contributed by atoms with van der Waals surface area (Å²) in [6.07, 6.45) is 8.15. The molecular weight excluding hydrogens is 767 g/mol. The largest absolute Gasteiger partial charge is 0.491 e. The van der Waals surface area contributed by atoms with Gasteiger partial charge in [0.25, 0.3) is 11.2 Å². The van der Waals surface area contributed by atoms with Gasteiger partial charge in [0, 0.05) is 97.6 Å². The second kappa shape index (κ2) is 15.3. The number of nitro benzene ring substituents is 1. The Balaban J connectivity index is 1.08. The predicted octanol–water partition coefficient (Wildman–Crippen LogP) is 6.19. The number of nitro groups is 1. The minimum atomic E-state index is -0.521. The van der Waals surface area contributed by atoms with E-state index in [0.717, 1.165) is 25.9 Å². The zero-order chi connectivity index (χ0) is 34.5. The zero-order valence-electron chi connectivity index (χ0n) is 26.5. The molecule has 0 saturated carbocycles. The van der Waals surface area contributed by atoms with Crippen LogP contribution >= 0.6 is 30.3 Å². The number of methoxy groups -OCH3 is 1. The molecular formula is C33H31IN6O8S. The molecule has 1 aliphatic heterocycles. The fourth-order valence-electron chi connectivity index (χ4n) is 5.61. The fraction of sp³-hybridized carbons (Fsp3) is 0.273. The van der Waals surface area contributed by atoms with Crippen molar-refractivity contribution in [2.45, 2.75) is 18.9 Å². The third kappa shape index (κ3) is 7.65. The molecule has 2 aromatic carbocycles. The molecule has 0 radical (unpaired) electrons. The maximum Gasteiger partial charge on any atom is 0.358 e. The van der Waals surface area contributed by atoms with Crippen LogP contribution in [0.15, 0.2) is 78.1 Å². The van der Waals surface area contributed by atoms with Crippen LogP contribution in [0.4, 0.5) is 11.5 Å². The lowest BCUT2D eigenvalue weighted by Crippen LogP contribution is -2.38. The summed E-state index contributed by atoms with van der Waals surface area (Å²) in [4.78, 5) is 46.4. The third-order valence-corrected chi connectivity index (χ3v) is 9.79. The third-order valence-electron chi connectivity index (χ3n) is 8.06. The summed E-state index contributed by atoms with van der Waals surface area (Å²) in [5.74, 6) is 1.62. The van der Waals surface area contributed by atoms with Gasteiger partial charge in [-0.05, 0) is 37.1 Å². The van der Waals surface area contributed by atoms with Gasteiger partial charge in [0.05, 0.1) is 37.1 Å². The molecule has 1 fully saturated rings. The molecule has 1 saturated heterocycles. The molecule has 0 atom stereocenters. The Morgan fingerprint density at radius 2 is 1.86 bits per heavy atom. The molecule has 0 bridgehead atoms. The van der Waals surface area contributed by atoms with Crippen LogP contribution in [-0.2, 0) is 16.5 Å². The van der Waals surface area contributed by atoms with E-state index in [1.807, 2.05) is 12.1 Å². The molecule has 49 heavy (non-hydrogen) atoms. The lowest BCUT2D eigenvalue weighted by molar-refractivity contribution is -0.384. The highest BCUT2D eigenvalue weighted by Gasteiger charge is 2.22. The standard InChI is InChI=1S/C33H31IN6O8S/c1-37-20-27(25-10-13-39(49-34)31(25)32(37)41)26-16-21(40(43)44)6-7-29(26)48-24-5-3-4-23(17-24)47-15-14-46-22-8-11-38(12-9-22)30-19-35-28(18-36-30)33(42)45-2/h3-7,10,13,16-20,22H,8-9,11-12,14-15H2,1-2H3. The number of rotatable bonds is 12. The number of benzene rings is 2. The Labute approximate surface area is 296 Å². The summed E-state index contributed by atoms with van der Waals surface area (Å²) in [7, 11) is 4.31. The first kappa shape index (κ1) is 34.2. The maximum atomic E-state index is 13.0. The van der Waals surface area contributed by atoms with Crippen LogP contribution in [0.3, 0.4) is 0 Å². The number of hydrogen-bond donors (Lipinski definition) is 0. The van der Waals surface area contributed by atoms with Crippen molar-refractivity contribution < 1.29 is 28.7 Å². The van der Waals surface area contributed by atoms with E-state index in [9.17, 15) is 19.7 Å². The number of anilines is 1. The average Bonchev–Trinajstić information content (AvgIpc) is 3.57. The van der Waals surface area contributed by atoms with Gasteiger partial charge in [0.15, 0.2) is 5.69 Å². The van der Waals surface area contributed by atoms with Crippen molar-refractivity contribution in [3.63, 3.8) is 0 Å². The molecule has 14 nitrogen and oxygen atoms in total. The number of piperidine rings is 1. The number of halogens is 1. The number of pyridine rings is 1. The van der Waals surface area contributed by atoms with Crippen molar-refractivity contribution in [1.82, 2.24) is 18.5 Å². The van der Waals surface area contributed by atoms with Gasteiger partial charge in [-0.25, -0.2) is 14.8 Å². The van der Waals surface area contributed by atoms with Crippen LogP contribution in [0, 0.1) is 10.1 Å². The molecule has 254 valence electrons. The van der Waals surface area contributed by atoms with E-state index in [2.05, 4.69) is 40.8 Å². The number of aromatic nitrogens is 4. The quantitative estimate of drug-likeness (QED) is 0.0465. The molecule has 0 amide bonds. The highest BCUT2D eigenvalue weighted by Crippen LogP contribution is 2.40. The van der Waals surface area contributed by atoms with Gasteiger partial charge in [-0.3, -0.25) is 18.9 Å². The van der Waals surface area contributed by atoms with Crippen LogP contribution in [0.2, 0.25) is 0 Å². The Morgan fingerprint density at radius 3 is 2.57 bits per heavy atom. The first-order valence-electron chi connectivity index (χ1n) is 15.2. The van der Waals surface area contributed by atoms with E-state index in [-0.39, 0.29) is 23.0 Å². The summed E-state index contributed by atoms with van der Waals surface area (Å²) in [5, 5.41) is 12.4. The molecule has 5 aromatic rings. The van der Waals surface area contributed by atoms with Gasteiger partial charge >= 0.3 is 5.97 Å². The Bertz CT molecular complexity index is 2050. The number of hydrogen-bond acceptors (Lipinski definition) is 12. The summed E-state index contributed by atoms with van der Waals surface area (Å²) < 4.78 is 26.2. The van der Waals surface area contributed by atoms with Crippen LogP contribution in [0.25, 0.3) is 22.0 Å². The minimum absolute atomic E-state index is 0.0775. The van der Waals surface area contributed by atoms with E-state index < -0.39 is 10.9 Å². The normalized spacial score (nSPS) is 13.4. The van der Waals surface area contributed by atoms with E-state index in [0.29, 0.717) is 58.3 Å². The highest BCUT2D eigenvalue weighted by molar-refractivity contribution is 14.2. The Morgan fingerprint density at radius 1 is 1.06 bits per heavy atom. The highest BCUT2D eigenvalue weighted by atomic mass is 127. The molecule has 3 aromatic heterocycles. The zero-order valence-corrected chi connectivity index (χ0v) is 29.5. The van der Waals surface area contributed by atoms with Gasteiger partial charge in [0.1, 0.15) is 35.2 Å². The summed E-state index contributed by atoms with van der Waals surface area (Å²) in [5.41, 5.74) is 1.46. The number of ether oxygens (including phenoxy) is 4. The number of esters is 1. The van der Waals surface area contributed by atoms with Crippen LogP contribution in [-0.4, -0.2) is 68.9 Å². The Kier molecular flexibility index (Phi) is 10.6. The molecule has 1 aliphatic rings. The summed E-state index contributed by atoms with van der Waals surface area (Å²) >= 11 is 2.10. The van der Waals surface area contributed by atoms with Crippen molar-refractivity contribution in [3.05, 3.63) is 99.5 Å². The van der Waals surface area contributed by atoms with Crippen molar-refractivity contribution in [2.75, 3.05) is 38.3 Å². The summed E-state index contributed by atoms with van der Waals surface area (Å²) in [6.45, 7) is 2.22. The van der Waals surface area contributed by atoms with Crippen LogP contribution < -0.4 is 19.9 Å².